The summed E-state index contributed by atoms with van der Waals surface area (Å²) >= 11 is 0. The maximum absolute atomic E-state index is 6.20. The number of likely N-dealkylation sites (tertiary alicyclic amines) is 1. The van der Waals surface area contributed by atoms with Gasteiger partial charge in [0.15, 0.2) is 11.5 Å². The number of nitrogens with zero attached hydrogens (tertiary/aromatic N) is 2. The molecule has 0 aliphatic carbocycles. The van der Waals surface area contributed by atoms with Crippen molar-refractivity contribution in [2.75, 3.05) is 53.4 Å². The lowest BCUT2D eigenvalue weighted by molar-refractivity contribution is 0.198. The van der Waals surface area contributed by atoms with Gasteiger partial charge < -0.3 is 19.7 Å². The molecule has 5 nitrogen and oxygen atoms in total. The van der Waals surface area contributed by atoms with Crippen LogP contribution in [0.3, 0.4) is 0 Å². The topological polar surface area (TPSA) is 37.0 Å². The van der Waals surface area contributed by atoms with Crippen molar-refractivity contribution < 1.29 is 9.47 Å². The Morgan fingerprint density at radius 3 is 2.68 bits per heavy atom. The molecule has 1 aromatic carbocycles. The van der Waals surface area contributed by atoms with Crippen molar-refractivity contribution in [1.29, 1.82) is 0 Å². The van der Waals surface area contributed by atoms with Gasteiger partial charge in [-0.1, -0.05) is 6.07 Å². The Labute approximate surface area is 133 Å². The van der Waals surface area contributed by atoms with Crippen LogP contribution in [0.5, 0.6) is 11.5 Å². The minimum Gasteiger partial charge on any atom is -0.493 e. The van der Waals surface area contributed by atoms with Crippen LogP contribution < -0.4 is 14.8 Å². The molecule has 22 heavy (non-hydrogen) atoms. The fourth-order valence-corrected chi connectivity index (χ4v) is 3.21. The first-order valence-corrected chi connectivity index (χ1v) is 8.20. The SMILES string of the molecule is COc1ccc(CN2CCNCC2)cc1OC1CCN(C)C1. The van der Waals surface area contributed by atoms with Gasteiger partial charge in [-0.25, -0.2) is 0 Å². The number of hydrogen-bond donors (Lipinski definition) is 1. The minimum atomic E-state index is 0.272. The van der Waals surface area contributed by atoms with E-state index in [2.05, 4.69) is 34.3 Å². The van der Waals surface area contributed by atoms with Gasteiger partial charge in [-0.15, -0.1) is 0 Å². The summed E-state index contributed by atoms with van der Waals surface area (Å²) < 4.78 is 11.7. The van der Waals surface area contributed by atoms with Crippen LogP contribution in [-0.2, 0) is 6.54 Å². The standard InChI is InChI=1S/C17H27N3O2/c1-19-8-5-15(13-19)22-17-11-14(3-4-16(17)21-2)12-20-9-6-18-7-10-20/h3-4,11,15,18H,5-10,12-13H2,1-2H3. The quantitative estimate of drug-likeness (QED) is 0.884. The molecular formula is C17H27N3O2. The molecule has 2 aliphatic heterocycles. The van der Waals surface area contributed by atoms with E-state index in [1.54, 1.807) is 7.11 Å². The summed E-state index contributed by atoms with van der Waals surface area (Å²) in [4.78, 5) is 4.78. The molecule has 1 atom stereocenters. The number of hydrogen-bond acceptors (Lipinski definition) is 5. The summed E-state index contributed by atoms with van der Waals surface area (Å²) in [6.07, 6.45) is 1.36. The first kappa shape index (κ1) is 15.6. The van der Waals surface area contributed by atoms with E-state index in [0.29, 0.717) is 0 Å². The van der Waals surface area contributed by atoms with E-state index in [0.717, 1.165) is 63.7 Å². The van der Waals surface area contributed by atoms with E-state index >= 15 is 0 Å². The van der Waals surface area contributed by atoms with Gasteiger partial charge in [-0.3, -0.25) is 4.90 Å². The average molecular weight is 305 g/mol. The Bertz CT molecular complexity index is 489. The first-order valence-electron chi connectivity index (χ1n) is 8.20. The second-order valence-corrected chi connectivity index (χ2v) is 6.30. The second-order valence-electron chi connectivity index (χ2n) is 6.30. The van der Waals surface area contributed by atoms with Crippen LogP contribution in [0.25, 0.3) is 0 Å². The largest absolute Gasteiger partial charge is 0.493 e. The summed E-state index contributed by atoms with van der Waals surface area (Å²) in [5.41, 5.74) is 1.30. The fraction of sp³-hybridized carbons (Fsp3) is 0.647. The van der Waals surface area contributed by atoms with Gasteiger partial charge in [0, 0.05) is 45.8 Å². The normalized spacial score (nSPS) is 23.6. The molecule has 1 N–H and O–H groups in total. The van der Waals surface area contributed by atoms with Gasteiger partial charge in [0.1, 0.15) is 6.10 Å². The van der Waals surface area contributed by atoms with Crippen LogP contribution in [0.2, 0.25) is 0 Å². The van der Waals surface area contributed by atoms with Crippen LogP contribution >= 0.6 is 0 Å². The molecular weight excluding hydrogens is 278 g/mol. The van der Waals surface area contributed by atoms with Crippen molar-refractivity contribution in [2.45, 2.75) is 19.1 Å². The number of piperazine rings is 1. The molecule has 0 radical (unpaired) electrons. The molecule has 2 aliphatic rings. The van der Waals surface area contributed by atoms with E-state index in [-0.39, 0.29) is 6.10 Å². The van der Waals surface area contributed by atoms with Crippen LogP contribution in [-0.4, -0.2) is 69.3 Å². The minimum absolute atomic E-state index is 0.272. The van der Waals surface area contributed by atoms with Gasteiger partial charge in [-0.2, -0.15) is 0 Å². The smallest absolute Gasteiger partial charge is 0.161 e. The number of nitrogens with one attached hydrogen (secondary N) is 1. The molecule has 1 aromatic rings. The highest BCUT2D eigenvalue weighted by Crippen LogP contribution is 2.30. The molecule has 3 rings (SSSR count). The molecule has 0 amide bonds. The number of methoxy groups -OCH3 is 1. The van der Waals surface area contributed by atoms with Gasteiger partial charge in [-0.05, 0) is 31.2 Å². The van der Waals surface area contributed by atoms with Crippen molar-refractivity contribution in [2.24, 2.45) is 0 Å². The Balaban J connectivity index is 1.68. The van der Waals surface area contributed by atoms with E-state index in [1.807, 2.05) is 6.07 Å². The van der Waals surface area contributed by atoms with Gasteiger partial charge in [0.05, 0.1) is 7.11 Å². The summed E-state index contributed by atoms with van der Waals surface area (Å²) in [5.74, 6) is 1.72. The predicted molar refractivity (Wildman–Crippen MR) is 87.7 cm³/mol. The third-order valence-electron chi connectivity index (χ3n) is 4.49. The summed E-state index contributed by atoms with van der Waals surface area (Å²) in [5, 5.41) is 3.39. The number of likely N-dealkylation sites (N-methyl/N-ethyl adjacent to an activating group) is 1. The zero-order valence-corrected chi connectivity index (χ0v) is 13.7. The highest BCUT2D eigenvalue weighted by molar-refractivity contribution is 5.43. The summed E-state index contributed by atoms with van der Waals surface area (Å²) in [6, 6.07) is 6.33. The predicted octanol–water partition coefficient (Wildman–Crippen LogP) is 1.18. The van der Waals surface area contributed by atoms with Crippen molar-refractivity contribution >= 4 is 0 Å². The van der Waals surface area contributed by atoms with Crippen molar-refractivity contribution in [3.63, 3.8) is 0 Å². The Morgan fingerprint density at radius 1 is 1.18 bits per heavy atom. The number of rotatable bonds is 5. The van der Waals surface area contributed by atoms with Crippen LogP contribution in [0.15, 0.2) is 18.2 Å². The Morgan fingerprint density at radius 2 is 2.00 bits per heavy atom. The molecule has 122 valence electrons. The molecule has 5 heteroatoms. The number of benzene rings is 1. The molecule has 2 saturated heterocycles. The second kappa shape index (κ2) is 7.31. The van der Waals surface area contributed by atoms with Crippen molar-refractivity contribution in [3.05, 3.63) is 23.8 Å². The summed E-state index contributed by atoms with van der Waals surface area (Å²) in [7, 11) is 3.85. The molecule has 0 bridgehead atoms. The van der Waals surface area contributed by atoms with Crippen LogP contribution in [0, 0.1) is 0 Å². The van der Waals surface area contributed by atoms with Crippen molar-refractivity contribution in [3.8, 4) is 11.5 Å². The maximum Gasteiger partial charge on any atom is 0.161 e. The monoisotopic (exact) mass is 305 g/mol. The third kappa shape index (κ3) is 3.91. The zero-order valence-electron chi connectivity index (χ0n) is 13.7. The lowest BCUT2D eigenvalue weighted by atomic mass is 10.1. The van der Waals surface area contributed by atoms with Gasteiger partial charge in [0.25, 0.3) is 0 Å². The number of ether oxygens (including phenoxy) is 2. The molecule has 0 saturated carbocycles. The molecule has 2 fully saturated rings. The first-order chi connectivity index (χ1) is 10.7. The van der Waals surface area contributed by atoms with E-state index < -0.39 is 0 Å². The highest BCUT2D eigenvalue weighted by Gasteiger charge is 2.22. The fourth-order valence-electron chi connectivity index (χ4n) is 3.21. The van der Waals surface area contributed by atoms with E-state index in [4.69, 9.17) is 9.47 Å². The highest BCUT2D eigenvalue weighted by atomic mass is 16.5. The lowest BCUT2D eigenvalue weighted by Crippen LogP contribution is -2.42. The van der Waals surface area contributed by atoms with Gasteiger partial charge in [0.2, 0.25) is 0 Å². The molecule has 0 aromatic heterocycles. The maximum atomic E-state index is 6.20. The Hall–Kier alpha value is -1.30. The van der Waals surface area contributed by atoms with Crippen LogP contribution in [0.1, 0.15) is 12.0 Å². The van der Waals surface area contributed by atoms with Crippen LogP contribution in [0.4, 0.5) is 0 Å². The van der Waals surface area contributed by atoms with Crippen molar-refractivity contribution in [1.82, 2.24) is 15.1 Å². The molecule has 0 spiro atoms. The van der Waals surface area contributed by atoms with Gasteiger partial charge >= 0.3 is 0 Å². The zero-order chi connectivity index (χ0) is 15.4. The summed E-state index contributed by atoms with van der Waals surface area (Å²) in [6.45, 7) is 7.44. The lowest BCUT2D eigenvalue weighted by Gasteiger charge is -2.27. The Kier molecular flexibility index (Phi) is 5.18. The third-order valence-corrected chi connectivity index (χ3v) is 4.49. The van der Waals surface area contributed by atoms with E-state index in [9.17, 15) is 0 Å². The van der Waals surface area contributed by atoms with E-state index in [1.165, 1.54) is 5.56 Å². The average Bonchev–Trinajstić information content (AvgIpc) is 2.94. The molecule has 2 heterocycles. The molecule has 1 unspecified atom stereocenters.